The highest BCUT2D eigenvalue weighted by molar-refractivity contribution is 7.93. The molecule has 0 bridgehead atoms. The van der Waals surface area contributed by atoms with Crippen molar-refractivity contribution in [1.82, 2.24) is 5.32 Å². The molecule has 2 fully saturated rings. The number of nitrogens with zero attached hydrogens (tertiary/aromatic N) is 1. The number of hydrogen-bond donors (Lipinski definition) is 2. The van der Waals surface area contributed by atoms with Gasteiger partial charge in [0.15, 0.2) is 0 Å². The van der Waals surface area contributed by atoms with Gasteiger partial charge in [-0.15, -0.1) is 0 Å². The highest BCUT2D eigenvalue weighted by atomic mass is 32.2. The smallest absolute Gasteiger partial charge is 0.235 e. The summed E-state index contributed by atoms with van der Waals surface area (Å²) >= 11 is 0. The Bertz CT molecular complexity index is 647. The third-order valence-corrected chi connectivity index (χ3v) is 6.93. The van der Waals surface area contributed by atoms with E-state index in [0.717, 1.165) is 37.1 Å². The summed E-state index contributed by atoms with van der Waals surface area (Å²) in [5.41, 5.74) is 1.84. The number of hydrogen-bond acceptors (Lipinski definition) is 4. The highest BCUT2D eigenvalue weighted by Gasteiger charge is 2.29. The fourth-order valence-electron chi connectivity index (χ4n) is 3.58. The molecular weight excluding hydrogens is 312 g/mol. The van der Waals surface area contributed by atoms with Crippen molar-refractivity contribution in [1.29, 1.82) is 0 Å². The molecule has 128 valence electrons. The number of benzene rings is 1. The molecule has 3 unspecified atom stereocenters. The van der Waals surface area contributed by atoms with E-state index in [1.807, 2.05) is 24.3 Å². The second-order valence-electron chi connectivity index (χ2n) is 6.72. The highest BCUT2D eigenvalue weighted by Crippen LogP contribution is 2.28. The normalized spacial score (nSPS) is 28.2. The van der Waals surface area contributed by atoms with Gasteiger partial charge in [0.1, 0.15) is 0 Å². The summed E-state index contributed by atoms with van der Waals surface area (Å²) in [6.07, 6.45) is 3.59. The first-order chi connectivity index (χ1) is 11.0. The molecule has 0 amide bonds. The van der Waals surface area contributed by atoms with Crippen molar-refractivity contribution in [3.8, 4) is 0 Å². The summed E-state index contributed by atoms with van der Waals surface area (Å²) < 4.78 is 25.6. The van der Waals surface area contributed by atoms with Crippen LogP contribution in [0.1, 0.15) is 44.2 Å². The molecule has 1 aliphatic carbocycles. The molecule has 1 aromatic carbocycles. The van der Waals surface area contributed by atoms with Gasteiger partial charge in [-0.05, 0) is 49.8 Å². The molecule has 3 atom stereocenters. The SMILES string of the molecule is CC(NCC1CCCC1O)c1cccc(N2CCCS2(=O)=O)c1. The molecule has 1 saturated carbocycles. The fourth-order valence-corrected chi connectivity index (χ4v) is 5.14. The first kappa shape index (κ1) is 16.7. The first-order valence-corrected chi connectivity index (χ1v) is 10.1. The molecule has 1 aliphatic heterocycles. The van der Waals surface area contributed by atoms with Crippen molar-refractivity contribution >= 4 is 15.7 Å². The molecule has 3 rings (SSSR count). The van der Waals surface area contributed by atoms with Crippen molar-refractivity contribution in [3.63, 3.8) is 0 Å². The van der Waals surface area contributed by atoms with Gasteiger partial charge in [-0.3, -0.25) is 4.31 Å². The van der Waals surface area contributed by atoms with Gasteiger partial charge in [0.05, 0.1) is 17.5 Å². The second kappa shape index (κ2) is 6.79. The van der Waals surface area contributed by atoms with Crippen LogP contribution in [0.2, 0.25) is 0 Å². The minimum absolute atomic E-state index is 0.132. The average Bonchev–Trinajstić information content (AvgIpc) is 3.10. The van der Waals surface area contributed by atoms with Crippen LogP contribution in [-0.4, -0.2) is 38.5 Å². The molecule has 0 spiro atoms. The van der Waals surface area contributed by atoms with Crippen molar-refractivity contribution < 1.29 is 13.5 Å². The van der Waals surface area contributed by atoms with E-state index >= 15 is 0 Å². The monoisotopic (exact) mass is 338 g/mol. The Morgan fingerprint density at radius 2 is 2.17 bits per heavy atom. The summed E-state index contributed by atoms with van der Waals surface area (Å²) in [6.45, 7) is 3.45. The molecule has 5 nitrogen and oxygen atoms in total. The van der Waals surface area contributed by atoms with Crippen LogP contribution in [0.25, 0.3) is 0 Å². The molecule has 0 aromatic heterocycles. The molecular formula is C17H26N2O3S. The maximum Gasteiger partial charge on any atom is 0.235 e. The lowest BCUT2D eigenvalue weighted by molar-refractivity contribution is 0.130. The van der Waals surface area contributed by atoms with Crippen molar-refractivity contribution in [2.45, 2.75) is 44.8 Å². The predicted molar refractivity (Wildman–Crippen MR) is 92.0 cm³/mol. The third kappa shape index (κ3) is 3.70. The Hall–Kier alpha value is -1.11. The zero-order valence-corrected chi connectivity index (χ0v) is 14.4. The van der Waals surface area contributed by atoms with Crippen LogP contribution in [0.15, 0.2) is 24.3 Å². The van der Waals surface area contributed by atoms with Gasteiger partial charge in [0.2, 0.25) is 10.0 Å². The Morgan fingerprint density at radius 1 is 1.35 bits per heavy atom. The summed E-state index contributed by atoms with van der Waals surface area (Å²) in [5, 5.41) is 13.4. The van der Waals surface area contributed by atoms with Gasteiger partial charge in [0, 0.05) is 19.1 Å². The number of anilines is 1. The van der Waals surface area contributed by atoms with E-state index in [2.05, 4.69) is 12.2 Å². The fraction of sp³-hybridized carbons (Fsp3) is 0.647. The van der Waals surface area contributed by atoms with Gasteiger partial charge < -0.3 is 10.4 Å². The molecule has 23 heavy (non-hydrogen) atoms. The zero-order valence-electron chi connectivity index (χ0n) is 13.6. The lowest BCUT2D eigenvalue weighted by atomic mass is 10.0. The first-order valence-electron chi connectivity index (χ1n) is 8.49. The van der Waals surface area contributed by atoms with E-state index in [1.54, 1.807) is 0 Å². The molecule has 2 aliphatic rings. The van der Waals surface area contributed by atoms with Crippen LogP contribution in [0, 0.1) is 5.92 Å². The summed E-state index contributed by atoms with van der Waals surface area (Å²) in [6, 6.07) is 7.90. The van der Waals surface area contributed by atoms with Gasteiger partial charge in [-0.1, -0.05) is 18.6 Å². The predicted octanol–water partition coefficient (Wildman–Crippen LogP) is 2.04. The maximum atomic E-state index is 12.1. The Kier molecular flexibility index (Phi) is 4.94. The van der Waals surface area contributed by atoms with Crippen molar-refractivity contribution in [2.24, 2.45) is 5.92 Å². The molecule has 1 aromatic rings. The third-order valence-electron chi connectivity index (χ3n) is 5.06. The number of aliphatic hydroxyl groups excluding tert-OH is 1. The minimum Gasteiger partial charge on any atom is -0.393 e. The van der Waals surface area contributed by atoms with Gasteiger partial charge in [-0.2, -0.15) is 0 Å². The molecule has 1 saturated heterocycles. The molecule has 0 radical (unpaired) electrons. The van der Waals surface area contributed by atoms with Gasteiger partial charge in [0.25, 0.3) is 0 Å². The van der Waals surface area contributed by atoms with E-state index < -0.39 is 10.0 Å². The van der Waals surface area contributed by atoms with Crippen molar-refractivity contribution in [2.75, 3.05) is 23.1 Å². The maximum absolute atomic E-state index is 12.1. The van der Waals surface area contributed by atoms with Crippen LogP contribution in [-0.2, 0) is 10.0 Å². The topological polar surface area (TPSA) is 69.6 Å². The lowest BCUT2D eigenvalue weighted by Crippen LogP contribution is -2.30. The van der Waals surface area contributed by atoms with E-state index in [4.69, 9.17) is 0 Å². The van der Waals surface area contributed by atoms with Crippen molar-refractivity contribution in [3.05, 3.63) is 29.8 Å². The van der Waals surface area contributed by atoms with Gasteiger partial charge in [-0.25, -0.2) is 8.42 Å². The van der Waals surface area contributed by atoms with E-state index in [-0.39, 0.29) is 17.9 Å². The van der Waals surface area contributed by atoms with E-state index in [9.17, 15) is 13.5 Å². The summed E-state index contributed by atoms with van der Waals surface area (Å²) in [7, 11) is -3.14. The van der Waals surface area contributed by atoms with Crippen LogP contribution in [0.3, 0.4) is 0 Å². The summed E-state index contributed by atoms with van der Waals surface area (Å²) in [4.78, 5) is 0. The standard InChI is InChI=1S/C17H26N2O3S/c1-13(18-12-15-6-3-8-17(15)20)14-5-2-7-16(11-14)19-9-4-10-23(19,21)22/h2,5,7,11,13,15,17-18,20H,3-4,6,8-10,12H2,1H3. The Morgan fingerprint density at radius 3 is 2.83 bits per heavy atom. The largest absolute Gasteiger partial charge is 0.393 e. The van der Waals surface area contributed by atoms with E-state index in [1.165, 1.54) is 4.31 Å². The lowest BCUT2D eigenvalue weighted by Gasteiger charge is -2.22. The van der Waals surface area contributed by atoms with Crippen LogP contribution >= 0.6 is 0 Å². The van der Waals surface area contributed by atoms with Crippen LogP contribution < -0.4 is 9.62 Å². The Balaban J connectivity index is 1.67. The molecule has 2 N–H and O–H groups in total. The zero-order chi connectivity index (χ0) is 16.4. The number of nitrogens with one attached hydrogen (secondary N) is 1. The number of sulfonamides is 1. The molecule has 1 heterocycles. The van der Waals surface area contributed by atoms with Crippen LogP contribution in [0.4, 0.5) is 5.69 Å². The number of rotatable bonds is 5. The van der Waals surface area contributed by atoms with Gasteiger partial charge >= 0.3 is 0 Å². The minimum atomic E-state index is -3.14. The number of aliphatic hydroxyl groups is 1. The average molecular weight is 338 g/mol. The Labute approximate surface area is 138 Å². The quantitative estimate of drug-likeness (QED) is 0.862. The van der Waals surface area contributed by atoms with E-state index in [0.29, 0.717) is 18.9 Å². The molecule has 6 heteroatoms. The second-order valence-corrected chi connectivity index (χ2v) is 8.74. The summed E-state index contributed by atoms with van der Waals surface area (Å²) in [5.74, 6) is 0.574. The van der Waals surface area contributed by atoms with Crippen LogP contribution in [0.5, 0.6) is 0 Å².